The molecule has 0 aliphatic rings. The maximum Gasteiger partial charge on any atom is 0.256 e. The number of ether oxygens (including phenoxy) is 1. The summed E-state index contributed by atoms with van der Waals surface area (Å²) in [6, 6.07) is 15.0. The Kier molecular flexibility index (Phi) is 6.83. The van der Waals surface area contributed by atoms with Crippen molar-refractivity contribution in [1.82, 2.24) is 9.78 Å². The lowest BCUT2D eigenvalue weighted by Crippen LogP contribution is -2.13. The van der Waals surface area contributed by atoms with Gasteiger partial charge >= 0.3 is 0 Å². The van der Waals surface area contributed by atoms with Crippen molar-refractivity contribution in [3.05, 3.63) is 112 Å². The molecule has 0 fully saturated rings. The molecule has 1 heterocycles. The van der Waals surface area contributed by atoms with E-state index in [2.05, 4.69) is 10.4 Å². The molecule has 0 atom stereocenters. The zero-order valence-corrected chi connectivity index (χ0v) is 18.1. The van der Waals surface area contributed by atoms with Crippen LogP contribution in [0.25, 0.3) is 0 Å². The molecule has 0 spiro atoms. The number of hydrogen-bond acceptors (Lipinski definition) is 3. The van der Waals surface area contributed by atoms with Gasteiger partial charge in [0.15, 0.2) is 23.2 Å². The molecule has 5 nitrogen and oxygen atoms in total. The molecule has 0 saturated heterocycles. The number of anilines is 1. The van der Waals surface area contributed by atoms with Gasteiger partial charge in [-0.2, -0.15) is 13.9 Å². The van der Waals surface area contributed by atoms with E-state index in [4.69, 9.17) is 16.3 Å². The van der Waals surface area contributed by atoms with Crippen LogP contribution in [0.3, 0.4) is 0 Å². The van der Waals surface area contributed by atoms with Crippen molar-refractivity contribution >= 4 is 23.3 Å². The first-order chi connectivity index (χ1) is 16.3. The highest BCUT2D eigenvalue weighted by atomic mass is 35.5. The van der Waals surface area contributed by atoms with Gasteiger partial charge in [0, 0.05) is 28.9 Å². The lowest BCUT2D eigenvalue weighted by atomic mass is 10.1. The molecule has 0 aliphatic carbocycles. The molecule has 0 radical (unpaired) electrons. The van der Waals surface area contributed by atoms with Gasteiger partial charge in [0.1, 0.15) is 6.61 Å². The molecular weight excluding hydrogens is 474 g/mol. The Morgan fingerprint density at radius 2 is 1.53 bits per heavy atom. The Labute approximate surface area is 196 Å². The summed E-state index contributed by atoms with van der Waals surface area (Å²) in [5.74, 6) is -7.57. The van der Waals surface area contributed by atoms with Gasteiger partial charge in [0.25, 0.3) is 5.91 Å². The molecule has 0 aliphatic heterocycles. The topological polar surface area (TPSA) is 56.2 Å². The Hall–Kier alpha value is -3.85. The van der Waals surface area contributed by atoms with Crippen LogP contribution < -0.4 is 10.1 Å². The van der Waals surface area contributed by atoms with E-state index in [-0.39, 0.29) is 12.7 Å². The molecule has 1 amide bonds. The minimum absolute atomic E-state index is 0.103. The van der Waals surface area contributed by atoms with Crippen LogP contribution in [0, 0.1) is 23.3 Å². The second kappa shape index (κ2) is 9.96. The standard InChI is InChI=1S/C24H16ClF4N3O2/c25-17-7-3-14(4-8-17)12-32-10-9-20(31-32)30-24(33)16-5-1-15(2-6-16)13-34-23-21(28)18(26)11-19(27)22(23)29/h1-11H,12-13H2,(H,30,31,33). The van der Waals surface area contributed by atoms with Gasteiger partial charge in [-0.1, -0.05) is 35.9 Å². The fraction of sp³-hybridized carbons (Fsp3) is 0.0833. The molecule has 0 unspecified atom stereocenters. The van der Waals surface area contributed by atoms with Gasteiger partial charge in [-0.3, -0.25) is 9.48 Å². The predicted octanol–water partition coefficient (Wildman–Crippen LogP) is 5.97. The van der Waals surface area contributed by atoms with Crippen LogP contribution in [0.1, 0.15) is 21.5 Å². The van der Waals surface area contributed by atoms with Crippen molar-refractivity contribution in [2.24, 2.45) is 0 Å². The normalized spacial score (nSPS) is 10.9. The zero-order chi connectivity index (χ0) is 24.2. The third kappa shape index (κ3) is 5.37. The predicted molar refractivity (Wildman–Crippen MR) is 118 cm³/mol. The second-order valence-corrected chi connectivity index (χ2v) is 7.70. The van der Waals surface area contributed by atoms with Crippen LogP contribution in [0.15, 0.2) is 66.9 Å². The van der Waals surface area contributed by atoms with Gasteiger partial charge < -0.3 is 10.1 Å². The minimum Gasteiger partial charge on any atom is -0.483 e. The average molecular weight is 490 g/mol. The molecule has 174 valence electrons. The summed E-state index contributed by atoms with van der Waals surface area (Å²) in [5.41, 5.74) is 1.71. The van der Waals surface area contributed by atoms with E-state index in [1.54, 1.807) is 29.1 Å². The van der Waals surface area contributed by atoms with E-state index in [1.807, 2.05) is 12.1 Å². The molecule has 10 heteroatoms. The fourth-order valence-electron chi connectivity index (χ4n) is 3.07. The molecule has 0 saturated carbocycles. The highest BCUT2D eigenvalue weighted by Crippen LogP contribution is 2.27. The maximum atomic E-state index is 13.7. The van der Waals surface area contributed by atoms with Gasteiger partial charge in [0.2, 0.25) is 11.6 Å². The van der Waals surface area contributed by atoms with E-state index >= 15 is 0 Å². The summed E-state index contributed by atoms with van der Waals surface area (Å²) >= 11 is 5.88. The smallest absolute Gasteiger partial charge is 0.256 e. The van der Waals surface area contributed by atoms with Crippen LogP contribution in [-0.4, -0.2) is 15.7 Å². The summed E-state index contributed by atoms with van der Waals surface area (Å²) in [7, 11) is 0. The van der Waals surface area contributed by atoms with Gasteiger partial charge in [-0.25, -0.2) is 8.78 Å². The lowest BCUT2D eigenvalue weighted by Gasteiger charge is -2.10. The first-order valence-corrected chi connectivity index (χ1v) is 10.3. The fourth-order valence-corrected chi connectivity index (χ4v) is 3.19. The summed E-state index contributed by atoms with van der Waals surface area (Å²) in [4.78, 5) is 12.5. The maximum absolute atomic E-state index is 13.7. The number of rotatable bonds is 7. The summed E-state index contributed by atoms with van der Waals surface area (Å²) in [6.45, 7) is 0.131. The molecule has 1 N–H and O–H groups in total. The molecule has 0 bridgehead atoms. The molecule has 4 aromatic rings. The van der Waals surface area contributed by atoms with Crippen LogP contribution >= 0.6 is 11.6 Å². The minimum atomic E-state index is -1.62. The summed E-state index contributed by atoms with van der Waals surface area (Å²) in [5, 5.41) is 7.61. The number of carbonyl (C=O) groups excluding carboxylic acids is 1. The third-order valence-electron chi connectivity index (χ3n) is 4.81. The Morgan fingerprint density at radius 1 is 0.912 bits per heavy atom. The van der Waals surface area contributed by atoms with Crippen LogP contribution in [0.5, 0.6) is 5.75 Å². The van der Waals surface area contributed by atoms with Crippen LogP contribution in [0.4, 0.5) is 23.4 Å². The second-order valence-electron chi connectivity index (χ2n) is 7.26. The number of halogens is 5. The van der Waals surface area contributed by atoms with Gasteiger partial charge in [-0.15, -0.1) is 0 Å². The third-order valence-corrected chi connectivity index (χ3v) is 5.06. The average Bonchev–Trinajstić information content (AvgIpc) is 3.26. The van der Waals surface area contributed by atoms with Crippen molar-refractivity contribution in [3.63, 3.8) is 0 Å². The number of nitrogens with zero attached hydrogens (tertiary/aromatic N) is 2. The highest BCUT2D eigenvalue weighted by molar-refractivity contribution is 6.30. The van der Waals surface area contributed by atoms with E-state index in [9.17, 15) is 22.4 Å². The number of benzene rings is 3. The van der Waals surface area contributed by atoms with Crippen LogP contribution in [0.2, 0.25) is 5.02 Å². The van der Waals surface area contributed by atoms with Gasteiger partial charge in [-0.05, 0) is 35.4 Å². The van der Waals surface area contributed by atoms with Crippen molar-refractivity contribution in [2.75, 3.05) is 5.32 Å². The van der Waals surface area contributed by atoms with Gasteiger partial charge in [0.05, 0.1) is 6.54 Å². The summed E-state index contributed by atoms with van der Waals surface area (Å²) in [6.07, 6.45) is 1.72. The monoisotopic (exact) mass is 489 g/mol. The number of nitrogens with one attached hydrogen (secondary N) is 1. The molecule has 3 aromatic carbocycles. The quantitative estimate of drug-likeness (QED) is 0.257. The number of carbonyl (C=O) groups is 1. The highest BCUT2D eigenvalue weighted by Gasteiger charge is 2.20. The van der Waals surface area contributed by atoms with Crippen molar-refractivity contribution in [2.45, 2.75) is 13.2 Å². The van der Waals surface area contributed by atoms with E-state index in [0.717, 1.165) is 5.56 Å². The zero-order valence-electron chi connectivity index (χ0n) is 17.4. The van der Waals surface area contributed by atoms with E-state index in [1.165, 1.54) is 24.3 Å². The lowest BCUT2D eigenvalue weighted by molar-refractivity contribution is 0.102. The van der Waals surface area contributed by atoms with Crippen molar-refractivity contribution in [3.8, 4) is 5.75 Å². The first-order valence-electron chi connectivity index (χ1n) is 9.94. The van der Waals surface area contributed by atoms with Crippen LogP contribution in [-0.2, 0) is 13.2 Å². The largest absolute Gasteiger partial charge is 0.483 e. The Morgan fingerprint density at radius 3 is 2.18 bits per heavy atom. The Balaban J connectivity index is 1.36. The number of amides is 1. The molecular formula is C24H16ClF4N3O2. The van der Waals surface area contributed by atoms with E-state index < -0.39 is 34.9 Å². The number of hydrogen-bond donors (Lipinski definition) is 1. The summed E-state index contributed by atoms with van der Waals surface area (Å²) < 4.78 is 60.5. The van der Waals surface area contributed by atoms with Crippen molar-refractivity contribution in [1.29, 1.82) is 0 Å². The van der Waals surface area contributed by atoms with Crippen molar-refractivity contribution < 1.29 is 27.1 Å². The molecule has 1 aromatic heterocycles. The van der Waals surface area contributed by atoms with E-state index in [0.29, 0.717) is 28.5 Å². The first kappa shape index (κ1) is 23.3. The molecule has 4 rings (SSSR count). The number of aromatic nitrogens is 2. The SMILES string of the molecule is O=C(Nc1ccn(Cc2ccc(Cl)cc2)n1)c1ccc(COc2c(F)c(F)cc(F)c2F)cc1. The Bertz CT molecular complexity index is 1300. The molecule has 34 heavy (non-hydrogen) atoms.